The quantitative estimate of drug-likeness (QED) is 0.0159. The molecule has 1 saturated carbocycles. The number of hydrogen-bond acceptors (Lipinski definition) is 11. The highest BCUT2D eigenvalue weighted by molar-refractivity contribution is 7.47. The molecule has 1 rings (SSSR count). The topological polar surface area (TPSA) is 192 Å². The molecule has 1 fully saturated rings. The third kappa shape index (κ3) is 25.1. The molecule has 0 bridgehead atoms. The van der Waals surface area contributed by atoms with Crippen LogP contribution in [-0.4, -0.2) is 98.9 Å². The summed E-state index contributed by atoms with van der Waals surface area (Å²) < 4.78 is 34.1. The first-order valence-corrected chi connectivity index (χ1v) is 22.7. The van der Waals surface area contributed by atoms with E-state index in [2.05, 4.69) is 38.2 Å². The second-order valence-electron chi connectivity index (χ2n) is 14.8. The zero-order valence-corrected chi connectivity index (χ0v) is 34.4. The van der Waals surface area contributed by atoms with Crippen LogP contribution < -0.4 is 0 Å². The van der Waals surface area contributed by atoms with Gasteiger partial charge in [0, 0.05) is 13.0 Å². The first-order chi connectivity index (χ1) is 26.0. The summed E-state index contributed by atoms with van der Waals surface area (Å²) in [5.41, 5.74) is 0. The van der Waals surface area contributed by atoms with E-state index in [0.717, 1.165) is 70.6 Å². The molecular weight excluding hydrogens is 715 g/mol. The fourth-order valence-electron chi connectivity index (χ4n) is 6.39. The van der Waals surface area contributed by atoms with Crippen LogP contribution in [0.2, 0.25) is 0 Å². The van der Waals surface area contributed by atoms with Gasteiger partial charge < -0.3 is 39.9 Å². The van der Waals surface area contributed by atoms with Crippen molar-refractivity contribution < 1.29 is 58.3 Å². The minimum absolute atomic E-state index is 0.0790. The molecule has 13 heteroatoms. The molecule has 0 aromatic heterocycles. The Kier molecular flexibility index (Phi) is 30.9. The third-order valence-electron chi connectivity index (χ3n) is 9.81. The molecule has 0 aliphatic heterocycles. The molecule has 1 aliphatic rings. The lowest BCUT2D eigenvalue weighted by Gasteiger charge is -2.41. The van der Waals surface area contributed by atoms with Crippen LogP contribution in [0.25, 0.3) is 0 Å². The van der Waals surface area contributed by atoms with Gasteiger partial charge in [0.1, 0.15) is 42.7 Å². The van der Waals surface area contributed by atoms with Gasteiger partial charge in [-0.25, -0.2) is 4.57 Å². The lowest BCUT2D eigenvalue weighted by Crippen LogP contribution is -2.64. The zero-order valence-electron chi connectivity index (χ0n) is 33.5. The van der Waals surface area contributed by atoms with Crippen LogP contribution in [-0.2, 0) is 27.9 Å². The third-order valence-corrected chi connectivity index (χ3v) is 10.8. The van der Waals surface area contributed by atoms with Gasteiger partial charge in [0.25, 0.3) is 0 Å². The highest BCUT2D eigenvalue weighted by Crippen LogP contribution is 2.47. The number of carbonyl (C=O) groups is 1. The number of phosphoric acid groups is 1. The van der Waals surface area contributed by atoms with Crippen LogP contribution in [0, 0.1) is 0 Å². The number of phosphoric ester groups is 1. The standard InChI is InChI=1S/C41H77O12P/c1-3-5-7-9-11-13-15-17-19-21-23-25-27-29-31-50-32-34(33-51-54(48,49)53-41-39(46)37(44)36(43)38(45)40(41)47)52-35(42)30-28-26-24-22-20-18-16-14-12-10-8-6-4-2/h8,10,14,16,34,36-41,43-47H,3-7,9,11-13,15,17-33H2,1-2H3,(H,48,49)/b10-8-,16-14-. The van der Waals surface area contributed by atoms with Crippen molar-refractivity contribution in [3.8, 4) is 0 Å². The molecule has 12 nitrogen and oxygen atoms in total. The summed E-state index contributed by atoms with van der Waals surface area (Å²) >= 11 is 0. The molecule has 0 aromatic carbocycles. The normalized spacial score (nSPS) is 23.6. The molecule has 6 atom stereocenters. The van der Waals surface area contributed by atoms with Crippen molar-refractivity contribution in [2.75, 3.05) is 19.8 Å². The molecule has 0 heterocycles. The van der Waals surface area contributed by atoms with Crippen LogP contribution in [0.5, 0.6) is 0 Å². The Hall–Kier alpha value is -1.18. The average molecular weight is 793 g/mol. The molecule has 0 amide bonds. The molecule has 0 aromatic rings. The molecular formula is C41H77O12P. The van der Waals surface area contributed by atoms with Gasteiger partial charge in [-0.1, -0.05) is 147 Å². The maximum atomic E-state index is 12.8. The number of aliphatic hydroxyl groups excluding tert-OH is 5. The Labute approximate surface area is 326 Å². The van der Waals surface area contributed by atoms with E-state index in [1.807, 2.05) is 0 Å². The van der Waals surface area contributed by atoms with Gasteiger partial charge in [0.15, 0.2) is 0 Å². The average Bonchev–Trinajstić information content (AvgIpc) is 3.15. The largest absolute Gasteiger partial charge is 0.472 e. The SMILES string of the molecule is CCC/C=C\C/C=C\CCCCCCCC(=O)OC(COCCCCCCCCCCCCCCCC)COP(=O)(O)OC1C(O)C(O)C(O)C(O)C1O. The van der Waals surface area contributed by atoms with Crippen molar-refractivity contribution in [2.24, 2.45) is 0 Å². The lowest BCUT2D eigenvalue weighted by molar-refractivity contribution is -0.220. The monoisotopic (exact) mass is 793 g/mol. The second-order valence-corrected chi connectivity index (χ2v) is 16.3. The van der Waals surface area contributed by atoms with Gasteiger partial charge in [0.2, 0.25) is 0 Å². The zero-order chi connectivity index (χ0) is 39.9. The Balaban J connectivity index is 2.44. The summed E-state index contributed by atoms with van der Waals surface area (Å²) in [6.07, 6.45) is 22.5. The molecule has 54 heavy (non-hydrogen) atoms. The van der Waals surface area contributed by atoms with Crippen molar-refractivity contribution >= 4 is 13.8 Å². The number of aliphatic hydroxyl groups is 5. The number of unbranched alkanes of at least 4 members (excludes halogenated alkanes) is 19. The van der Waals surface area contributed by atoms with Crippen LogP contribution >= 0.6 is 7.82 Å². The van der Waals surface area contributed by atoms with Gasteiger partial charge >= 0.3 is 13.8 Å². The number of carbonyl (C=O) groups excluding carboxylic acids is 1. The van der Waals surface area contributed by atoms with E-state index in [-0.39, 0.29) is 13.0 Å². The van der Waals surface area contributed by atoms with E-state index in [4.69, 9.17) is 18.5 Å². The molecule has 0 saturated heterocycles. The number of rotatable bonds is 35. The number of ether oxygens (including phenoxy) is 2. The molecule has 0 radical (unpaired) electrons. The summed E-state index contributed by atoms with van der Waals surface area (Å²) in [7, 11) is -5.01. The Morgan fingerprint density at radius 2 is 1.07 bits per heavy atom. The minimum atomic E-state index is -5.01. The molecule has 6 unspecified atom stereocenters. The van der Waals surface area contributed by atoms with E-state index in [1.54, 1.807) is 0 Å². The van der Waals surface area contributed by atoms with Crippen LogP contribution in [0.3, 0.4) is 0 Å². The summed E-state index contributed by atoms with van der Waals surface area (Å²) in [4.78, 5) is 23.0. The van der Waals surface area contributed by atoms with E-state index < -0.39 is 63.1 Å². The summed E-state index contributed by atoms with van der Waals surface area (Å²) in [5.74, 6) is -0.491. The summed E-state index contributed by atoms with van der Waals surface area (Å²) in [6, 6.07) is 0. The Bertz CT molecular complexity index is 995. The Morgan fingerprint density at radius 1 is 0.593 bits per heavy atom. The van der Waals surface area contributed by atoms with E-state index >= 15 is 0 Å². The van der Waals surface area contributed by atoms with Gasteiger partial charge in [-0.2, -0.15) is 0 Å². The molecule has 318 valence electrons. The van der Waals surface area contributed by atoms with Crippen molar-refractivity contribution in [1.82, 2.24) is 0 Å². The number of esters is 1. The minimum Gasteiger partial charge on any atom is -0.457 e. The predicted molar refractivity (Wildman–Crippen MR) is 212 cm³/mol. The lowest BCUT2D eigenvalue weighted by atomic mass is 9.85. The van der Waals surface area contributed by atoms with E-state index in [9.17, 15) is 39.8 Å². The highest BCUT2D eigenvalue weighted by Gasteiger charge is 2.51. The second kappa shape index (κ2) is 32.9. The van der Waals surface area contributed by atoms with Gasteiger partial charge in [-0.05, 0) is 38.5 Å². The highest BCUT2D eigenvalue weighted by atomic mass is 31.2. The smallest absolute Gasteiger partial charge is 0.457 e. The fourth-order valence-corrected chi connectivity index (χ4v) is 7.37. The first-order valence-electron chi connectivity index (χ1n) is 21.2. The number of allylic oxidation sites excluding steroid dienone is 4. The van der Waals surface area contributed by atoms with Crippen molar-refractivity contribution in [3.63, 3.8) is 0 Å². The van der Waals surface area contributed by atoms with Gasteiger partial charge in [-0.15, -0.1) is 0 Å². The van der Waals surface area contributed by atoms with Crippen LogP contribution in [0.15, 0.2) is 24.3 Å². The van der Waals surface area contributed by atoms with Crippen molar-refractivity contribution in [3.05, 3.63) is 24.3 Å². The Morgan fingerprint density at radius 3 is 1.63 bits per heavy atom. The fraction of sp³-hybridized carbons (Fsp3) is 0.878. The van der Waals surface area contributed by atoms with Crippen LogP contribution in [0.1, 0.15) is 168 Å². The summed E-state index contributed by atoms with van der Waals surface area (Å²) in [6.45, 7) is 4.17. The van der Waals surface area contributed by atoms with Gasteiger partial charge in [0.05, 0.1) is 13.2 Å². The first kappa shape index (κ1) is 50.8. The summed E-state index contributed by atoms with van der Waals surface area (Å²) in [5, 5.41) is 50.0. The van der Waals surface area contributed by atoms with Crippen LogP contribution in [0.4, 0.5) is 0 Å². The maximum Gasteiger partial charge on any atom is 0.472 e. The van der Waals surface area contributed by atoms with Crippen molar-refractivity contribution in [1.29, 1.82) is 0 Å². The molecule has 1 aliphatic carbocycles. The molecule has 0 spiro atoms. The predicted octanol–water partition coefficient (Wildman–Crippen LogP) is 7.75. The van der Waals surface area contributed by atoms with E-state index in [0.29, 0.717) is 13.0 Å². The van der Waals surface area contributed by atoms with E-state index in [1.165, 1.54) is 70.6 Å². The molecule has 6 N–H and O–H groups in total. The number of hydrogen-bond donors (Lipinski definition) is 6. The maximum absolute atomic E-state index is 12.8. The van der Waals surface area contributed by atoms with Gasteiger partial charge in [-0.3, -0.25) is 13.8 Å². The van der Waals surface area contributed by atoms with Crippen molar-refractivity contribution in [2.45, 2.75) is 211 Å².